The van der Waals surface area contributed by atoms with Gasteiger partial charge in [-0.15, -0.1) is 0 Å². The smallest absolute Gasteiger partial charge is 0.241 e. The van der Waals surface area contributed by atoms with Crippen molar-refractivity contribution in [1.29, 1.82) is 0 Å². The van der Waals surface area contributed by atoms with E-state index in [0.717, 1.165) is 30.2 Å². The maximum atomic E-state index is 12.5. The highest BCUT2D eigenvalue weighted by atomic mass is 16.3. The number of benzene rings is 1. The Labute approximate surface area is 166 Å². The third-order valence-corrected chi connectivity index (χ3v) is 4.45. The van der Waals surface area contributed by atoms with E-state index < -0.39 is 5.60 Å². The lowest BCUT2D eigenvalue weighted by molar-refractivity contribution is -0.129. The van der Waals surface area contributed by atoms with Crippen LogP contribution >= 0.6 is 0 Å². The molecule has 146 valence electrons. The number of carbonyl (C=O) groups excluding carboxylic acids is 1. The van der Waals surface area contributed by atoms with E-state index in [-0.39, 0.29) is 12.5 Å². The summed E-state index contributed by atoms with van der Waals surface area (Å²) in [6.07, 6.45) is 1.79. The van der Waals surface area contributed by atoms with Crippen LogP contribution in [0.4, 0.5) is 11.5 Å². The van der Waals surface area contributed by atoms with Crippen LogP contribution in [0.15, 0.2) is 48.7 Å². The van der Waals surface area contributed by atoms with Gasteiger partial charge in [0.15, 0.2) is 0 Å². The number of nitrogens with zero attached hydrogens (tertiary/aromatic N) is 3. The number of rotatable bonds is 4. The van der Waals surface area contributed by atoms with Crippen LogP contribution in [0.5, 0.6) is 0 Å². The number of nitrogens with one attached hydrogen (secondary N) is 1. The normalized spacial score (nSPS) is 14.2. The molecule has 1 aromatic heterocycles. The van der Waals surface area contributed by atoms with Crippen LogP contribution in [0.3, 0.4) is 0 Å². The van der Waals surface area contributed by atoms with Crippen LogP contribution in [-0.4, -0.2) is 59.2 Å². The van der Waals surface area contributed by atoms with Crippen molar-refractivity contribution in [2.45, 2.75) is 19.4 Å². The maximum Gasteiger partial charge on any atom is 0.241 e. The molecule has 1 aliphatic rings. The summed E-state index contributed by atoms with van der Waals surface area (Å²) in [5.74, 6) is 6.76. The Balaban J connectivity index is 1.46. The van der Waals surface area contributed by atoms with Gasteiger partial charge in [-0.3, -0.25) is 4.79 Å². The molecule has 3 rings (SSSR count). The van der Waals surface area contributed by atoms with Gasteiger partial charge in [-0.05, 0) is 50.2 Å². The van der Waals surface area contributed by atoms with Gasteiger partial charge in [-0.1, -0.05) is 17.9 Å². The zero-order chi connectivity index (χ0) is 20.0. The molecule has 1 saturated heterocycles. The number of pyridine rings is 1. The second-order valence-electron chi connectivity index (χ2n) is 7.30. The lowest BCUT2D eigenvalue weighted by Gasteiger charge is -2.35. The Morgan fingerprint density at radius 2 is 1.86 bits per heavy atom. The van der Waals surface area contributed by atoms with E-state index in [1.807, 2.05) is 47.4 Å². The number of aromatic nitrogens is 1. The first kappa shape index (κ1) is 19.7. The molecule has 2 heterocycles. The van der Waals surface area contributed by atoms with E-state index in [1.165, 1.54) is 0 Å². The Bertz CT molecular complexity index is 840. The molecule has 28 heavy (non-hydrogen) atoms. The van der Waals surface area contributed by atoms with Crippen LogP contribution in [0.2, 0.25) is 0 Å². The molecule has 0 aliphatic carbocycles. The minimum absolute atomic E-state index is 0.0894. The number of piperazine rings is 1. The molecule has 0 bridgehead atoms. The Hall–Kier alpha value is -3.04. The summed E-state index contributed by atoms with van der Waals surface area (Å²) >= 11 is 0. The molecular weight excluding hydrogens is 352 g/mol. The minimum Gasteiger partial charge on any atom is -0.378 e. The first-order valence-electron chi connectivity index (χ1n) is 9.44. The van der Waals surface area contributed by atoms with Gasteiger partial charge in [-0.2, -0.15) is 0 Å². The molecule has 0 spiro atoms. The molecule has 0 radical (unpaired) electrons. The van der Waals surface area contributed by atoms with Crippen molar-refractivity contribution >= 4 is 17.4 Å². The molecular formula is C22H26N4O2. The van der Waals surface area contributed by atoms with Gasteiger partial charge >= 0.3 is 0 Å². The molecule has 0 unspecified atom stereocenters. The van der Waals surface area contributed by atoms with Gasteiger partial charge < -0.3 is 20.2 Å². The summed E-state index contributed by atoms with van der Waals surface area (Å²) in [5.41, 5.74) is 0.683. The quantitative estimate of drug-likeness (QED) is 0.796. The third kappa shape index (κ3) is 5.73. The highest BCUT2D eigenvalue weighted by Crippen LogP contribution is 2.13. The van der Waals surface area contributed by atoms with Crippen molar-refractivity contribution in [3.8, 4) is 11.8 Å². The van der Waals surface area contributed by atoms with Gasteiger partial charge in [0.1, 0.15) is 11.4 Å². The summed E-state index contributed by atoms with van der Waals surface area (Å²) in [5, 5.41) is 12.8. The third-order valence-electron chi connectivity index (χ3n) is 4.45. The SMILES string of the molecule is CC(C)(O)C#Cc1ccc(NCC(=O)N2CCN(c3ccccn3)CC2)cc1. The van der Waals surface area contributed by atoms with Crippen LogP contribution in [-0.2, 0) is 4.79 Å². The molecule has 1 aromatic carbocycles. The van der Waals surface area contributed by atoms with E-state index in [4.69, 9.17) is 0 Å². The van der Waals surface area contributed by atoms with Crippen LogP contribution in [0, 0.1) is 11.8 Å². The van der Waals surface area contributed by atoms with Crippen molar-refractivity contribution < 1.29 is 9.90 Å². The van der Waals surface area contributed by atoms with Crippen LogP contribution < -0.4 is 10.2 Å². The van der Waals surface area contributed by atoms with Crippen molar-refractivity contribution in [2.24, 2.45) is 0 Å². The molecule has 6 nitrogen and oxygen atoms in total. The number of hydrogen-bond donors (Lipinski definition) is 2. The summed E-state index contributed by atoms with van der Waals surface area (Å²) in [4.78, 5) is 20.9. The van der Waals surface area contributed by atoms with E-state index in [9.17, 15) is 9.90 Å². The summed E-state index contributed by atoms with van der Waals surface area (Å²) < 4.78 is 0. The molecule has 0 saturated carbocycles. The van der Waals surface area contributed by atoms with E-state index in [2.05, 4.69) is 27.0 Å². The number of anilines is 2. The first-order chi connectivity index (χ1) is 13.4. The fraction of sp³-hybridized carbons (Fsp3) is 0.364. The van der Waals surface area contributed by atoms with Gasteiger partial charge in [0.05, 0.1) is 6.54 Å². The van der Waals surface area contributed by atoms with Crippen molar-refractivity contribution in [3.05, 3.63) is 54.2 Å². The van der Waals surface area contributed by atoms with E-state index >= 15 is 0 Å². The van der Waals surface area contributed by atoms with Crippen molar-refractivity contribution in [1.82, 2.24) is 9.88 Å². The summed E-state index contributed by atoms with van der Waals surface area (Å²) in [7, 11) is 0. The highest BCUT2D eigenvalue weighted by molar-refractivity contribution is 5.81. The van der Waals surface area contributed by atoms with Crippen LogP contribution in [0.25, 0.3) is 0 Å². The largest absolute Gasteiger partial charge is 0.378 e. The second kappa shape index (κ2) is 8.77. The zero-order valence-electron chi connectivity index (χ0n) is 16.4. The fourth-order valence-corrected chi connectivity index (χ4v) is 2.91. The number of carbonyl (C=O) groups is 1. The van der Waals surface area contributed by atoms with Crippen LogP contribution in [0.1, 0.15) is 19.4 Å². The Morgan fingerprint density at radius 3 is 2.46 bits per heavy atom. The monoisotopic (exact) mass is 378 g/mol. The molecule has 1 amide bonds. The van der Waals surface area contributed by atoms with Crippen molar-refractivity contribution in [2.75, 3.05) is 42.9 Å². The van der Waals surface area contributed by atoms with Gasteiger partial charge in [-0.25, -0.2) is 4.98 Å². The second-order valence-corrected chi connectivity index (χ2v) is 7.30. The number of aliphatic hydroxyl groups is 1. The molecule has 2 aromatic rings. The molecule has 2 N–H and O–H groups in total. The highest BCUT2D eigenvalue weighted by Gasteiger charge is 2.21. The lowest BCUT2D eigenvalue weighted by atomic mass is 10.1. The minimum atomic E-state index is -1.01. The topological polar surface area (TPSA) is 68.7 Å². The average molecular weight is 378 g/mol. The van der Waals surface area contributed by atoms with E-state index in [1.54, 1.807) is 20.0 Å². The predicted molar refractivity (Wildman–Crippen MR) is 111 cm³/mol. The average Bonchev–Trinajstić information content (AvgIpc) is 2.71. The first-order valence-corrected chi connectivity index (χ1v) is 9.44. The fourth-order valence-electron chi connectivity index (χ4n) is 2.91. The van der Waals surface area contributed by atoms with Gasteiger partial charge in [0.25, 0.3) is 0 Å². The lowest BCUT2D eigenvalue weighted by Crippen LogP contribution is -2.50. The standard InChI is InChI=1S/C22H26N4O2/c1-22(2,28)11-10-18-6-8-19(9-7-18)24-17-21(27)26-15-13-25(14-16-26)20-5-3-4-12-23-20/h3-9,12,24,28H,13-17H2,1-2H3. The predicted octanol–water partition coefficient (Wildman–Crippen LogP) is 1.96. The summed E-state index contributed by atoms with van der Waals surface area (Å²) in [6.45, 7) is 6.54. The van der Waals surface area contributed by atoms with Gasteiger partial charge in [0.2, 0.25) is 5.91 Å². The molecule has 0 atom stereocenters. The van der Waals surface area contributed by atoms with E-state index in [0.29, 0.717) is 13.1 Å². The molecule has 6 heteroatoms. The Kier molecular flexibility index (Phi) is 6.17. The van der Waals surface area contributed by atoms with Crippen molar-refractivity contribution in [3.63, 3.8) is 0 Å². The summed E-state index contributed by atoms with van der Waals surface area (Å²) in [6, 6.07) is 13.4. The molecule has 1 aliphatic heterocycles. The zero-order valence-corrected chi connectivity index (χ0v) is 16.4. The Morgan fingerprint density at radius 1 is 1.14 bits per heavy atom. The number of amides is 1. The number of hydrogen-bond acceptors (Lipinski definition) is 5. The van der Waals surface area contributed by atoms with Gasteiger partial charge in [0, 0.05) is 43.6 Å². The molecule has 1 fully saturated rings. The maximum absolute atomic E-state index is 12.5.